The van der Waals surface area contributed by atoms with Crippen LogP contribution in [0, 0.1) is 11.7 Å². The van der Waals surface area contributed by atoms with E-state index in [0.29, 0.717) is 12.5 Å². The number of benzene rings is 1. The van der Waals surface area contributed by atoms with E-state index in [4.69, 9.17) is 10.5 Å². The quantitative estimate of drug-likeness (QED) is 0.799. The number of amides is 1. The molecular weight excluding hydrogens is 235 g/mol. The van der Waals surface area contributed by atoms with Gasteiger partial charge in [0, 0.05) is 31.0 Å². The topological polar surface area (TPSA) is 64.4 Å². The van der Waals surface area contributed by atoms with E-state index < -0.39 is 5.82 Å². The Labute approximate surface area is 105 Å². The number of nitrogens with two attached hydrogens (primary N) is 1. The zero-order chi connectivity index (χ0) is 13.0. The van der Waals surface area contributed by atoms with Gasteiger partial charge in [-0.25, -0.2) is 4.39 Å². The van der Waals surface area contributed by atoms with Crippen LogP contribution in [0.1, 0.15) is 23.2 Å². The second kappa shape index (κ2) is 5.82. The SMILES string of the molecule is Nc1cc(F)cc(C(=O)NCCC2CCOC2)c1. The molecule has 1 aliphatic heterocycles. The van der Waals surface area contributed by atoms with Crippen LogP contribution >= 0.6 is 0 Å². The van der Waals surface area contributed by atoms with Gasteiger partial charge in [-0.1, -0.05) is 0 Å². The molecular formula is C13H17FN2O2. The van der Waals surface area contributed by atoms with Crippen molar-refractivity contribution in [1.82, 2.24) is 5.32 Å². The zero-order valence-corrected chi connectivity index (χ0v) is 10.1. The van der Waals surface area contributed by atoms with Crippen LogP contribution < -0.4 is 11.1 Å². The molecule has 3 N–H and O–H groups in total. The lowest BCUT2D eigenvalue weighted by atomic mass is 10.1. The molecule has 0 aliphatic carbocycles. The molecule has 1 amide bonds. The van der Waals surface area contributed by atoms with E-state index in [1.54, 1.807) is 0 Å². The minimum Gasteiger partial charge on any atom is -0.399 e. The fourth-order valence-electron chi connectivity index (χ4n) is 2.05. The molecule has 1 atom stereocenters. The highest BCUT2D eigenvalue weighted by Crippen LogP contribution is 2.15. The molecule has 1 fully saturated rings. The molecule has 0 saturated carbocycles. The molecule has 1 unspecified atom stereocenters. The number of carbonyl (C=O) groups excluding carboxylic acids is 1. The number of nitrogens with one attached hydrogen (secondary N) is 1. The summed E-state index contributed by atoms with van der Waals surface area (Å²) in [5.41, 5.74) is 6.00. The number of hydrogen-bond donors (Lipinski definition) is 2. The number of anilines is 1. The molecule has 0 spiro atoms. The minimum absolute atomic E-state index is 0.254. The molecule has 0 aromatic heterocycles. The third-order valence-electron chi connectivity index (χ3n) is 3.04. The van der Waals surface area contributed by atoms with Gasteiger partial charge in [0.25, 0.3) is 5.91 Å². The van der Waals surface area contributed by atoms with Crippen LogP contribution in [0.15, 0.2) is 18.2 Å². The van der Waals surface area contributed by atoms with E-state index in [-0.39, 0.29) is 17.2 Å². The van der Waals surface area contributed by atoms with Gasteiger partial charge < -0.3 is 15.8 Å². The summed E-state index contributed by atoms with van der Waals surface area (Å²) in [4.78, 5) is 11.8. The Morgan fingerprint density at radius 2 is 2.33 bits per heavy atom. The normalized spacial score (nSPS) is 18.8. The predicted octanol–water partition coefficient (Wildman–Crippen LogP) is 1.56. The van der Waals surface area contributed by atoms with Crippen molar-refractivity contribution in [3.05, 3.63) is 29.6 Å². The second-order valence-electron chi connectivity index (χ2n) is 4.55. The molecule has 5 heteroatoms. The van der Waals surface area contributed by atoms with Gasteiger partial charge in [-0.3, -0.25) is 4.79 Å². The summed E-state index contributed by atoms with van der Waals surface area (Å²) in [6.45, 7) is 2.14. The first kappa shape index (κ1) is 12.8. The maximum Gasteiger partial charge on any atom is 0.251 e. The molecule has 18 heavy (non-hydrogen) atoms. The maximum absolute atomic E-state index is 13.1. The lowest BCUT2D eigenvalue weighted by Gasteiger charge is -2.09. The summed E-state index contributed by atoms with van der Waals surface area (Å²) < 4.78 is 18.3. The smallest absolute Gasteiger partial charge is 0.251 e. The van der Waals surface area contributed by atoms with Crippen LogP contribution in [-0.2, 0) is 4.74 Å². The maximum atomic E-state index is 13.1. The van der Waals surface area contributed by atoms with E-state index >= 15 is 0 Å². The van der Waals surface area contributed by atoms with E-state index in [1.807, 2.05) is 0 Å². The molecule has 1 aliphatic rings. The average Bonchev–Trinajstić information content (AvgIpc) is 2.80. The standard InChI is InChI=1S/C13H17FN2O2/c14-11-5-10(6-12(15)7-11)13(17)16-3-1-9-2-4-18-8-9/h5-7,9H,1-4,8,15H2,(H,16,17). The molecule has 1 aromatic rings. The summed E-state index contributed by atoms with van der Waals surface area (Å²) in [7, 11) is 0. The van der Waals surface area contributed by atoms with Crippen LogP contribution in [0.25, 0.3) is 0 Å². The summed E-state index contributed by atoms with van der Waals surface area (Å²) in [5.74, 6) is -0.271. The molecule has 0 radical (unpaired) electrons. The lowest BCUT2D eigenvalue weighted by molar-refractivity contribution is 0.0950. The monoisotopic (exact) mass is 252 g/mol. The summed E-state index contributed by atoms with van der Waals surface area (Å²) in [5, 5.41) is 2.76. The molecule has 1 aromatic carbocycles. The van der Waals surface area contributed by atoms with Crippen LogP contribution in [0.4, 0.5) is 10.1 Å². The minimum atomic E-state index is -0.496. The number of rotatable bonds is 4. The Bertz CT molecular complexity index is 411. The first-order valence-electron chi connectivity index (χ1n) is 6.07. The largest absolute Gasteiger partial charge is 0.399 e. The van der Waals surface area contributed by atoms with Gasteiger partial charge in [-0.05, 0) is 37.0 Å². The van der Waals surface area contributed by atoms with Crippen molar-refractivity contribution in [3.8, 4) is 0 Å². The second-order valence-corrected chi connectivity index (χ2v) is 4.55. The number of halogens is 1. The molecule has 1 heterocycles. The summed E-state index contributed by atoms with van der Waals surface area (Å²) in [6, 6.07) is 3.84. The Morgan fingerprint density at radius 1 is 1.50 bits per heavy atom. The van der Waals surface area contributed by atoms with E-state index in [9.17, 15) is 9.18 Å². The number of carbonyl (C=O) groups is 1. The van der Waals surface area contributed by atoms with Crippen molar-refractivity contribution in [2.45, 2.75) is 12.8 Å². The van der Waals surface area contributed by atoms with Crippen LogP contribution in [0.5, 0.6) is 0 Å². The van der Waals surface area contributed by atoms with Crippen molar-refractivity contribution in [1.29, 1.82) is 0 Å². The lowest BCUT2D eigenvalue weighted by Crippen LogP contribution is -2.26. The molecule has 2 rings (SSSR count). The van der Waals surface area contributed by atoms with Gasteiger partial charge >= 0.3 is 0 Å². The fourth-order valence-corrected chi connectivity index (χ4v) is 2.05. The summed E-state index contributed by atoms with van der Waals surface area (Å²) in [6.07, 6.45) is 1.93. The molecule has 4 nitrogen and oxygen atoms in total. The first-order valence-corrected chi connectivity index (χ1v) is 6.07. The van der Waals surface area contributed by atoms with Crippen LogP contribution in [0.3, 0.4) is 0 Å². The predicted molar refractivity (Wildman–Crippen MR) is 66.7 cm³/mol. The van der Waals surface area contributed by atoms with Crippen molar-refractivity contribution >= 4 is 11.6 Å². The summed E-state index contributed by atoms with van der Waals surface area (Å²) >= 11 is 0. The van der Waals surface area contributed by atoms with Gasteiger partial charge in [0.15, 0.2) is 0 Å². The number of nitrogen functional groups attached to an aromatic ring is 1. The van der Waals surface area contributed by atoms with Gasteiger partial charge in [0.1, 0.15) is 5.82 Å². The third-order valence-corrected chi connectivity index (χ3v) is 3.04. The Kier molecular flexibility index (Phi) is 4.15. The van der Waals surface area contributed by atoms with E-state index in [1.165, 1.54) is 18.2 Å². The highest BCUT2D eigenvalue weighted by molar-refractivity contribution is 5.95. The zero-order valence-electron chi connectivity index (χ0n) is 10.1. The number of ether oxygens (including phenoxy) is 1. The first-order chi connectivity index (χ1) is 8.65. The Balaban J connectivity index is 1.83. The highest BCUT2D eigenvalue weighted by atomic mass is 19.1. The van der Waals surface area contributed by atoms with Crippen molar-refractivity contribution in [2.24, 2.45) is 5.92 Å². The molecule has 98 valence electrons. The van der Waals surface area contributed by atoms with Gasteiger partial charge in [0.05, 0.1) is 0 Å². The van der Waals surface area contributed by atoms with Crippen LogP contribution in [0.2, 0.25) is 0 Å². The highest BCUT2D eigenvalue weighted by Gasteiger charge is 2.15. The van der Waals surface area contributed by atoms with Gasteiger partial charge in [-0.15, -0.1) is 0 Å². The average molecular weight is 252 g/mol. The van der Waals surface area contributed by atoms with Crippen molar-refractivity contribution in [3.63, 3.8) is 0 Å². The molecule has 0 bridgehead atoms. The van der Waals surface area contributed by atoms with E-state index in [2.05, 4.69) is 5.32 Å². The fraction of sp³-hybridized carbons (Fsp3) is 0.462. The van der Waals surface area contributed by atoms with Gasteiger partial charge in [-0.2, -0.15) is 0 Å². The van der Waals surface area contributed by atoms with Gasteiger partial charge in [0.2, 0.25) is 0 Å². The Hall–Kier alpha value is -1.62. The van der Waals surface area contributed by atoms with Crippen molar-refractivity contribution in [2.75, 3.05) is 25.5 Å². The Morgan fingerprint density at radius 3 is 3.00 bits per heavy atom. The molecule has 1 saturated heterocycles. The van der Waals surface area contributed by atoms with Crippen molar-refractivity contribution < 1.29 is 13.9 Å². The third kappa shape index (κ3) is 3.43. The van der Waals surface area contributed by atoms with Crippen LogP contribution in [-0.4, -0.2) is 25.7 Å². The number of hydrogen-bond acceptors (Lipinski definition) is 3. The van der Waals surface area contributed by atoms with E-state index in [0.717, 1.165) is 26.1 Å².